The van der Waals surface area contributed by atoms with Crippen LogP contribution in [0.3, 0.4) is 0 Å². The predicted octanol–water partition coefficient (Wildman–Crippen LogP) is 30.8. The Hall–Kier alpha value is -17.8. The van der Waals surface area contributed by atoms with E-state index in [2.05, 4.69) is 340 Å². The first-order valence-corrected chi connectivity index (χ1v) is 44.3. The van der Waals surface area contributed by atoms with Gasteiger partial charge in [0.25, 0.3) is 0 Å². The smallest absolute Gasteiger partial charge is 0.167 e. The predicted molar refractivity (Wildman–Crippen MR) is 540 cm³/mol. The molecule has 7 heterocycles. The Morgan fingerprint density at radius 2 is 0.420 bits per heavy atom. The van der Waals surface area contributed by atoms with Crippen LogP contribution in [0, 0.1) is 0 Å². The van der Waals surface area contributed by atoms with Crippen LogP contribution in [0.5, 0.6) is 0 Å². The first-order chi connectivity index (χ1) is 65.0. The number of hydrogen-bond acceptors (Lipinski definition) is 7. The van der Waals surface area contributed by atoms with Crippen molar-refractivity contribution in [3.8, 4) is 113 Å². The zero-order chi connectivity index (χ0) is 86.1. The second kappa shape index (κ2) is 30.5. The van der Waals surface area contributed by atoms with E-state index in [0.29, 0.717) is 34.9 Å². The lowest BCUT2D eigenvalue weighted by Crippen LogP contribution is -2.00. The molecule has 0 radical (unpaired) electrons. The molecule has 27 rings (SSSR count). The van der Waals surface area contributed by atoms with Crippen molar-refractivity contribution in [2.45, 2.75) is 0 Å². The van der Waals surface area contributed by atoms with E-state index in [1.165, 1.54) is 120 Å². The molecule has 131 heavy (non-hydrogen) atoms. The van der Waals surface area contributed by atoms with Crippen LogP contribution in [-0.2, 0) is 0 Å². The standard InChI is InChI=1S/C63H39N5.C57H35N5O/c1-4-16-40(17-5-1)61-64-62(41-18-6-2-7-19-41)66-63(65-61)44-28-32-49-50-33-31-46(39-54(50)48-23-11-10-22-47(48)53(49)38-44)68-58-27-15-13-25-52(58)56-37-43(30-35-60(56)68)42-29-34-59-55(36-42)51-24-12-14-26-57(51)67(59)45-20-8-3-9-21-45;1-4-16-36(17-5-1)55-58-56(37-18-6-2-7-19-37)60-57(59-55)45-26-14-24-43-44-25-15-29-52(54(44)63-53(43)45)62-49-28-13-11-23-42(49)47-35-39(31-33-51(47)62)38-30-32-50-46(34-38)41-22-10-12-27-48(41)61(50)40-20-8-3-9-21-40/h1-39H;1-35H. The normalized spacial score (nSPS) is 11.8. The summed E-state index contributed by atoms with van der Waals surface area (Å²) in [6, 6.07) is 159. The summed E-state index contributed by atoms with van der Waals surface area (Å²) in [6.45, 7) is 0. The van der Waals surface area contributed by atoms with E-state index in [4.69, 9.17) is 34.3 Å². The Labute approximate surface area is 751 Å². The third-order valence-electron chi connectivity index (χ3n) is 26.1. The number of para-hydroxylation sites is 8. The summed E-state index contributed by atoms with van der Waals surface area (Å²) in [5.41, 5.74) is 25.5. The van der Waals surface area contributed by atoms with Crippen LogP contribution in [0.25, 0.3) is 255 Å². The minimum absolute atomic E-state index is 0.557. The zero-order valence-electron chi connectivity index (χ0n) is 70.6. The first-order valence-electron chi connectivity index (χ1n) is 44.3. The Bertz CT molecular complexity index is 9150. The van der Waals surface area contributed by atoms with Crippen LogP contribution < -0.4 is 0 Å². The molecule has 0 saturated heterocycles. The molecule has 7 aromatic heterocycles. The quantitative estimate of drug-likeness (QED) is 0.112. The lowest BCUT2D eigenvalue weighted by Gasteiger charge is -2.15. The van der Waals surface area contributed by atoms with Gasteiger partial charge in [-0.25, -0.2) is 29.9 Å². The molecule has 0 fully saturated rings. The van der Waals surface area contributed by atoms with E-state index in [-0.39, 0.29) is 0 Å². The van der Waals surface area contributed by atoms with Gasteiger partial charge in [-0.2, -0.15) is 0 Å². The number of nitrogens with zero attached hydrogens (tertiary/aromatic N) is 10. The molecular weight excluding hydrogens is 1600 g/mol. The molecule has 0 unspecified atom stereocenters. The maximum absolute atomic E-state index is 7.06. The fourth-order valence-electron chi connectivity index (χ4n) is 20.1. The third-order valence-corrected chi connectivity index (χ3v) is 26.1. The molecule has 0 aliphatic rings. The van der Waals surface area contributed by atoms with Gasteiger partial charge in [0.05, 0.1) is 55.4 Å². The molecule has 0 atom stereocenters. The lowest BCUT2D eigenvalue weighted by atomic mass is 9.93. The molecule has 0 amide bonds. The number of hydrogen-bond donors (Lipinski definition) is 0. The molecule has 11 nitrogen and oxygen atoms in total. The average molecular weight is 1670 g/mol. The van der Waals surface area contributed by atoms with Gasteiger partial charge in [0.15, 0.2) is 40.5 Å². The van der Waals surface area contributed by atoms with Gasteiger partial charge < -0.3 is 22.7 Å². The van der Waals surface area contributed by atoms with E-state index < -0.39 is 0 Å². The highest BCUT2D eigenvalue weighted by molar-refractivity contribution is 6.27. The molecule has 20 aromatic carbocycles. The molecule has 0 bridgehead atoms. The summed E-state index contributed by atoms with van der Waals surface area (Å²) < 4.78 is 16.6. The number of rotatable bonds is 12. The first kappa shape index (κ1) is 74.6. The van der Waals surface area contributed by atoms with Crippen molar-refractivity contribution in [1.82, 2.24) is 48.2 Å². The Balaban J connectivity index is 0.000000138. The minimum atomic E-state index is 0.557. The highest BCUT2D eigenvalue weighted by atomic mass is 16.3. The maximum Gasteiger partial charge on any atom is 0.167 e. The molecule has 610 valence electrons. The van der Waals surface area contributed by atoms with Crippen molar-refractivity contribution in [3.05, 3.63) is 449 Å². The van der Waals surface area contributed by atoms with Gasteiger partial charge in [-0.3, -0.25) is 0 Å². The number of furan rings is 1. The largest absolute Gasteiger partial charge is 0.453 e. The van der Waals surface area contributed by atoms with Gasteiger partial charge in [-0.15, -0.1) is 0 Å². The monoisotopic (exact) mass is 1670 g/mol. The second-order valence-corrected chi connectivity index (χ2v) is 33.6. The van der Waals surface area contributed by atoms with Gasteiger partial charge in [0.2, 0.25) is 0 Å². The van der Waals surface area contributed by atoms with Crippen molar-refractivity contribution in [2.24, 2.45) is 0 Å². The SMILES string of the molecule is c1ccc(-c2nc(-c3ccccc3)nc(-c3ccc4c5ccc(-n6c7ccccc7c7cc(-c8ccc9c(c8)c8ccccc8n9-c8ccccc8)ccc76)cc5c5ccccc5c4c3)n2)cc1.c1ccc(-c2nc(-c3ccccc3)nc(-c3cccc4c3oc3c(-n5c6ccccc6c6cc(-c7ccc8c(c7)c7ccccc7n8-c7ccccc7)ccc65)cccc34)n2)cc1. The van der Waals surface area contributed by atoms with Crippen LogP contribution in [0.15, 0.2) is 453 Å². The minimum Gasteiger partial charge on any atom is -0.453 e. The molecule has 11 heteroatoms. The zero-order valence-corrected chi connectivity index (χ0v) is 70.6. The van der Waals surface area contributed by atoms with Gasteiger partial charge in [-0.1, -0.05) is 322 Å². The summed E-state index contributed by atoms with van der Waals surface area (Å²) in [5, 5.41) is 18.9. The molecule has 0 saturated carbocycles. The van der Waals surface area contributed by atoms with Crippen LogP contribution in [-0.4, -0.2) is 48.2 Å². The highest BCUT2D eigenvalue weighted by Crippen LogP contribution is 2.47. The third kappa shape index (κ3) is 12.4. The second-order valence-electron chi connectivity index (χ2n) is 33.6. The summed E-state index contributed by atoms with van der Waals surface area (Å²) in [7, 11) is 0. The van der Waals surface area contributed by atoms with Gasteiger partial charge in [0, 0.05) is 98.7 Å². The van der Waals surface area contributed by atoms with Crippen molar-refractivity contribution in [2.75, 3.05) is 0 Å². The lowest BCUT2D eigenvalue weighted by molar-refractivity contribution is 0.667. The Morgan fingerprint density at radius 1 is 0.145 bits per heavy atom. The summed E-state index contributed by atoms with van der Waals surface area (Å²) in [4.78, 5) is 30.1. The molecule has 0 aliphatic heterocycles. The Morgan fingerprint density at radius 3 is 0.832 bits per heavy atom. The average Bonchev–Trinajstić information content (AvgIpc) is 1.50. The van der Waals surface area contributed by atoms with E-state index >= 15 is 0 Å². The van der Waals surface area contributed by atoms with Gasteiger partial charge >= 0.3 is 0 Å². The number of fused-ring (bicyclic) bond motifs is 21. The fourth-order valence-corrected chi connectivity index (χ4v) is 20.1. The highest BCUT2D eigenvalue weighted by Gasteiger charge is 2.26. The maximum atomic E-state index is 7.06. The number of benzene rings is 20. The van der Waals surface area contributed by atoms with Gasteiger partial charge in [0.1, 0.15) is 5.58 Å². The summed E-state index contributed by atoms with van der Waals surface area (Å²) in [5.74, 6) is 3.72. The van der Waals surface area contributed by atoms with Crippen molar-refractivity contribution >= 4 is 141 Å². The van der Waals surface area contributed by atoms with Gasteiger partial charge in [-0.05, 0) is 182 Å². The van der Waals surface area contributed by atoms with Crippen LogP contribution in [0.1, 0.15) is 0 Å². The fraction of sp³-hybridized carbons (Fsp3) is 0. The molecule has 0 aliphatic carbocycles. The van der Waals surface area contributed by atoms with E-state index in [0.717, 1.165) is 100 Å². The van der Waals surface area contributed by atoms with Crippen molar-refractivity contribution in [3.63, 3.8) is 0 Å². The molecule has 0 spiro atoms. The van der Waals surface area contributed by atoms with E-state index in [1.54, 1.807) is 0 Å². The van der Waals surface area contributed by atoms with E-state index in [1.807, 2.05) is 127 Å². The molecule has 0 N–H and O–H groups in total. The molecular formula is C120H74N10O. The number of aromatic nitrogens is 10. The van der Waals surface area contributed by atoms with E-state index in [9.17, 15) is 0 Å². The van der Waals surface area contributed by atoms with Crippen LogP contribution >= 0.6 is 0 Å². The van der Waals surface area contributed by atoms with Crippen LogP contribution in [0.2, 0.25) is 0 Å². The summed E-state index contributed by atoms with van der Waals surface area (Å²) >= 11 is 0. The van der Waals surface area contributed by atoms with Crippen molar-refractivity contribution in [1.29, 1.82) is 0 Å². The Kier molecular flexibility index (Phi) is 17.4. The summed E-state index contributed by atoms with van der Waals surface area (Å²) in [6.07, 6.45) is 0. The molecule has 27 aromatic rings. The topological polar surface area (TPSA) is 110 Å². The van der Waals surface area contributed by atoms with Crippen molar-refractivity contribution < 1.29 is 4.42 Å². The van der Waals surface area contributed by atoms with Crippen LogP contribution in [0.4, 0.5) is 0 Å².